The van der Waals surface area contributed by atoms with Gasteiger partial charge < -0.3 is 9.47 Å². The van der Waals surface area contributed by atoms with Gasteiger partial charge in [0.05, 0.1) is 18.9 Å². The van der Waals surface area contributed by atoms with Crippen LogP contribution in [0.5, 0.6) is 11.5 Å². The molecule has 5 heteroatoms. The van der Waals surface area contributed by atoms with Crippen molar-refractivity contribution in [2.24, 2.45) is 0 Å². The van der Waals surface area contributed by atoms with Gasteiger partial charge in [0.25, 0.3) is 0 Å². The van der Waals surface area contributed by atoms with Crippen LogP contribution < -0.4 is 4.74 Å². The van der Waals surface area contributed by atoms with Gasteiger partial charge in [-0.05, 0) is 30.3 Å². The van der Waals surface area contributed by atoms with Crippen LogP contribution in [0.1, 0.15) is 10.4 Å². The van der Waals surface area contributed by atoms with Gasteiger partial charge in [-0.25, -0.2) is 9.18 Å². The van der Waals surface area contributed by atoms with Crippen LogP contribution in [-0.2, 0) is 4.74 Å². The van der Waals surface area contributed by atoms with E-state index >= 15 is 0 Å². The third-order valence-electron chi connectivity index (χ3n) is 2.18. The van der Waals surface area contributed by atoms with Gasteiger partial charge in [0.15, 0.2) is 0 Å². The Morgan fingerprint density at radius 2 is 1.89 bits per heavy atom. The average Bonchev–Trinajstić information content (AvgIpc) is 2.41. The molecule has 0 aliphatic heterocycles. The summed E-state index contributed by atoms with van der Waals surface area (Å²) in [5, 5.41) is 0. The standard InChI is InChI=1S/C13H10FNO3/c1-17-13(16)9-6-12(8-15-7-9)18-11-4-2-10(14)3-5-11/h2-8H,1H3. The highest BCUT2D eigenvalue weighted by atomic mass is 19.1. The van der Waals surface area contributed by atoms with Crippen molar-refractivity contribution >= 4 is 5.97 Å². The number of esters is 1. The zero-order valence-corrected chi connectivity index (χ0v) is 9.59. The first-order valence-electron chi connectivity index (χ1n) is 5.16. The van der Waals surface area contributed by atoms with Crippen LogP contribution in [0.3, 0.4) is 0 Å². The van der Waals surface area contributed by atoms with Crippen LogP contribution in [0.25, 0.3) is 0 Å². The van der Waals surface area contributed by atoms with Gasteiger partial charge in [-0.1, -0.05) is 0 Å². The number of nitrogens with zero attached hydrogens (tertiary/aromatic N) is 1. The summed E-state index contributed by atoms with van der Waals surface area (Å²) in [6.07, 6.45) is 2.83. The van der Waals surface area contributed by atoms with E-state index in [2.05, 4.69) is 9.72 Å². The molecule has 0 fully saturated rings. The highest BCUT2D eigenvalue weighted by molar-refractivity contribution is 5.89. The molecule has 0 aliphatic rings. The molecule has 4 nitrogen and oxygen atoms in total. The largest absolute Gasteiger partial charge is 0.465 e. The summed E-state index contributed by atoms with van der Waals surface area (Å²) in [5.74, 6) is 0.000525. The molecule has 0 atom stereocenters. The number of benzene rings is 1. The third kappa shape index (κ3) is 2.82. The molecule has 2 aromatic rings. The van der Waals surface area contributed by atoms with Gasteiger partial charge in [0, 0.05) is 6.20 Å². The maximum Gasteiger partial charge on any atom is 0.339 e. The fraction of sp³-hybridized carbons (Fsp3) is 0.0769. The maximum absolute atomic E-state index is 12.7. The molecule has 1 aromatic carbocycles. The smallest absolute Gasteiger partial charge is 0.339 e. The van der Waals surface area contributed by atoms with Crippen molar-refractivity contribution in [2.45, 2.75) is 0 Å². The minimum absolute atomic E-state index is 0.289. The maximum atomic E-state index is 12.7. The summed E-state index contributed by atoms with van der Waals surface area (Å²) in [5.41, 5.74) is 0.289. The van der Waals surface area contributed by atoms with E-state index in [0.717, 1.165) is 0 Å². The molecule has 0 saturated carbocycles. The molecule has 0 N–H and O–H groups in total. The number of methoxy groups -OCH3 is 1. The fourth-order valence-corrected chi connectivity index (χ4v) is 1.34. The number of carbonyl (C=O) groups is 1. The number of pyridine rings is 1. The number of rotatable bonds is 3. The molecule has 0 unspecified atom stereocenters. The Morgan fingerprint density at radius 3 is 2.56 bits per heavy atom. The Hall–Kier alpha value is -2.43. The van der Waals surface area contributed by atoms with Gasteiger partial charge in [0.2, 0.25) is 0 Å². The zero-order chi connectivity index (χ0) is 13.0. The van der Waals surface area contributed by atoms with Crippen molar-refractivity contribution in [2.75, 3.05) is 7.11 Å². The molecule has 0 bridgehead atoms. The molecule has 92 valence electrons. The Bertz CT molecular complexity index is 554. The molecule has 1 heterocycles. The van der Waals surface area contributed by atoms with Crippen molar-refractivity contribution in [1.82, 2.24) is 4.98 Å². The summed E-state index contributed by atoms with van der Waals surface area (Å²) in [6.45, 7) is 0. The molecule has 1 aromatic heterocycles. The average molecular weight is 247 g/mol. The first-order valence-corrected chi connectivity index (χ1v) is 5.16. The lowest BCUT2D eigenvalue weighted by molar-refractivity contribution is 0.0600. The highest BCUT2D eigenvalue weighted by Crippen LogP contribution is 2.21. The van der Waals surface area contributed by atoms with E-state index < -0.39 is 5.97 Å². The molecule has 0 aliphatic carbocycles. The zero-order valence-electron chi connectivity index (χ0n) is 9.59. The van der Waals surface area contributed by atoms with E-state index in [1.165, 1.54) is 49.8 Å². The predicted molar refractivity (Wildman–Crippen MR) is 62.1 cm³/mol. The predicted octanol–water partition coefficient (Wildman–Crippen LogP) is 2.80. The van der Waals surface area contributed by atoms with Crippen molar-refractivity contribution in [1.29, 1.82) is 0 Å². The third-order valence-corrected chi connectivity index (χ3v) is 2.18. The van der Waals surface area contributed by atoms with E-state index in [9.17, 15) is 9.18 Å². The van der Waals surface area contributed by atoms with Crippen LogP contribution in [0.4, 0.5) is 4.39 Å². The van der Waals surface area contributed by atoms with Gasteiger partial charge in [-0.3, -0.25) is 4.98 Å². The minimum atomic E-state index is -0.493. The van der Waals surface area contributed by atoms with Crippen LogP contribution in [0.15, 0.2) is 42.7 Å². The van der Waals surface area contributed by atoms with Crippen LogP contribution in [0, 0.1) is 5.82 Å². The van der Waals surface area contributed by atoms with E-state index in [1.807, 2.05) is 0 Å². The van der Waals surface area contributed by atoms with E-state index in [-0.39, 0.29) is 11.4 Å². The lowest BCUT2D eigenvalue weighted by Crippen LogP contribution is -2.01. The van der Waals surface area contributed by atoms with E-state index in [1.54, 1.807) is 0 Å². The summed E-state index contributed by atoms with van der Waals surface area (Å²) >= 11 is 0. The van der Waals surface area contributed by atoms with Crippen molar-refractivity contribution in [3.63, 3.8) is 0 Å². The number of halogens is 1. The topological polar surface area (TPSA) is 48.4 Å². The second-order valence-corrected chi connectivity index (χ2v) is 3.46. The Kier molecular flexibility index (Phi) is 3.52. The number of hydrogen-bond acceptors (Lipinski definition) is 4. The molecular weight excluding hydrogens is 237 g/mol. The van der Waals surface area contributed by atoms with E-state index in [4.69, 9.17) is 4.74 Å². The van der Waals surface area contributed by atoms with Gasteiger partial charge >= 0.3 is 5.97 Å². The monoisotopic (exact) mass is 247 g/mol. The van der Waals surface area contributed by atoms with Gasteiger partial charge in [0.1, 0.15) is 17.3 Å². The molecule has 0 amide bonds. The minimum Gasteiger partial charge on any atom is -0.465 e. The first kappa shape index (κ1) is 12.0. The number of ether oxygens (including phenoxy) is 2. The first-order chi connectivity index (χ1) is 8.69. The van der Waals surface area contributed by atoms with Gasteiger partial charge in [-0.15, -0.1) is 0 Å². The summed E-state index contributed by atoms with van der Waals surface area (Å²) in [6, 6.07) is 7.04. The SMILES string of the molecule is COC(=O)c1cncc(Oc2ccc(F)cc2)c1. The summed E-state index contributed by atoms with van der Waals surface area (Å²) < 4.78 is 22.7. The normalized spacial score (nSPS) is 9.89. The number of carbonyl (C=O) groups excluding carboxylic acids is 1. The Morgan fingerprint density at radius 1 is 1.17 bits per heavy atom. The second kappa shape index (κ2) is 5.27. The summed E-state index contributed by atoms with van der Waals surface area (Å²) in [4.78, 5) is 15.2. The lowest BCUT2D eigenvalue weighted by Gasteiger charge is -2.06. The number of hydrogen-bond donors (Lipinski definition) is 0. The molecular formula is C13H10FNO3. The Balaban J connectivity index is 2.19. The van der Waals surface area contributed by atoms with Gasteiger partial charge in [-0.2, -0.15) is 0 Å². The van der Waals surface area contributed by atoms with E-state index in [0.29, 0.717) is 11.5 Å². The molecule has 18 heavy (non-hydrogen) atoms. The number of aromatic nitrogens is 1. The Labute approximate surface area is 103 Å². The molecule has 2 rings (SSSR count). The quantitative estimate of drug-likeness (QED) is 0.782. The lowest BCUT2D eigenvalue weighted by atomic mass is 10.3. The molecule has 0 spiro atoms. The van der Waals surface area contributed by atoms with Crippen LogP contribution in [-0.4, -0.2) is 18.1 Å². The van der Waals surface area contributed by atoms with Crippen molar-refractivity contribution < 1.29 is 18.7 Å². The van der Waals surface area contributed by atoms with Crippen molar-refractivity contribution in [3.8, 4) is 11.5 Å². The van der Waals surface area contributed by atoms with Crippen LogP contribution in [0.2, 0.25) is 0 Å². The molecule has 0 saturated heterocycles. The second-order valence-electron chi connectivity index (χ2n) is 3.46. The molecule has 0 radical (unpaired) electrons. The van der Waals surface area contributed by atoms with Crippen LogP contribution >= 0.6 is 0 Å². The highest BCUT2D eigenvalue weighted by Gasteiger charge is 2.07. The summed E-state index contributed by atoms with van der Waals surface area (Å²) in [7, 11) is 1.29. The fourth-order valence-electron chi connectivity index (χ4n) is 1.34. The van der Waals surface area contributed by atoms with Crippen molar-refractivity contribution in [3.05, 3.63) is 54.1 Å².